The number of aryl methyl sites for hydroxylation is 1. The number of hydrogen-bond acceptors (Lipinski definition) is 5. The van der Waals surface area contributed by atoms with Crippen molar-refractivity contribution in [3.63, 3.8) is 0 Å². The van der Waals surface area contributed by atoms with Gasteiger partial charge in [0.25, 0.3) is 5.56 Å². The number of nitrogens with zero attached hydrogens (tertiary/aromatic N) is 2. The van der Waals surface area contributed by atoms with Crippen LogP contribution in [0.5, 0.6) is 0 Å². The minimum atomic E-state index is -0.573. The van der Waals surface area contributed by atoms with Crippen molar-refractivity contribution in [3.8, 4) is 0 Å². The van der Waals surface area contributed by atoms with Crippen molar-refractivity contribution in [1.82, 2.24) is 14.5 Å². The van der Waals surface area contributed by atoms with Gasteiger partial charge in [0.05, 0.1) is 10.2 Å². The summed E-state index contributed by atoms with van der Waals surface area (Å²) in [5.41, 5.74) is 0.684. The second-order valence-corrected chi connectivity index (χ2v) is 7.48. The molecule has 0 aliphatic carbocycles. The van der Waals surface area contributed by atoms with E-state index >= 15 is 0 Å². The molecular formula is C16H18N4O2S. The van der Waals surface area contributed by atoms with Gasteiger partial charge in [0.2, 0.25) is 0 Å². The van der Waals surface area contributed by atoms with E-state index in [2.05, 4.69) is 21.4 Å². The van der Waals surface area contributed by atoms with Crippen LogP contribution in [0, 0.1) is 6.92 Å². The minimum Gasteiger partial charge on any atom is -0.317 e. The van der Waals surface area contributed by atoms with Crippen LogP contribution in [0.1, 0.15) is 26.3 Å². The highest BCUT2D eigenvalue weighted by molar-refractivity contribution is 7.22. The maximum absolute atomic E-state index is 12.2. The highest BCUT2D eigenvalue weighted by Crippen LogP contribution is 2.28. The molecule has 0 bridgehead atoms. The van der Waals surface area contributed by atoms with Crippen molar-refractivity contribution in [2.24, 2.45) is 0 Å². The molecule has 2 aromatic heterocycles. The van der Waals surface area contributed by atoms with E-state index in [1.807, 2.05) is 39.8 Å². The maximum atomic E-state index is 12.2. The Balaban J connectivity index is 1.99. The Hall–Kier alpha value is -2.41. The van der Waals surface area contributed by atoms with Crippen LogP contribution in [0.15, 0.2) is 33.9 Å². The number of benzene rings is 1. The summed E-state index contributed by atoms with van der Waals surface area (Å²) in [5, 5.41) is 3.65. The van der Waals surface area contributed by atoms with Gasteiger partial charge >= 0.3 is 5.69 Å². The topological polar surface area (TPSA) is 79.8 Å². The Bertz CT molecular complexity index is 960. The van der Waals surface area contributed by atoms with Crippen molar-refractivity contribution >= 4 is 32.5 Å². The first-order valence-electron chi connectivity index (χ1n) is 7.25. The highest BCUT2D eigenvalue weighted by Gasteiger charge is 2.18. The van der Waals surface area contributed by atoms with E-state index in [0.717, 1.165) is 15.8 Å². The van der Waals surface area contributed by atoms with Crippen molar-refractivity contribution in [3.05, 3.63) is 50.7 Å². The van der Waals surface area contributed by atoms with Gasteiger partial charge in [-0.3, -0.25) is 14.3 Å². The molecule has 2 N–H and O–H groups in total. The lowest BCUT2D eigenvalue weighted by Gasteiger charge is -2.20. The molecule has 23 heavy (non-hydrogen) atoms. The van der Waals surface area contributed by atoms with E-state index in [-0.39, 0.29) is 5.56 Å². The zero-order valence-electron chi connectivity index (χ0n) is 13.4. The number of thiazole rings is 1. The first-order chi connectivity index (χ1) is 10.7. The fourth-order valence-electron chi connectivity index (χ4n) is 2.40. The van der Waals surface area contributed by atoms with E-state index in [1.54, 1.807) is 0 Å². The highest BCUT2D eigenvalue weighted by atomic mass is 32.1. The molecule has 0 fully saturated rings. The summed E-state index contributed by atoms with van der Waals surface area (Å²) in [6.45, 7) is 7.46. The van der Waals surface area contributed by atoms with Crippen LogP contribution in [0.2, 0.25) is 0 Å². The number of nitrogens with one attached hydrogen (secondary N) is 2. The standard InChI is InChI=1S/C16H18N4O2S/c1-9-5-6-10-11(7-9)23-14(17-10)18-12-8-13(21)20(15(22)19-12)16(2,3)4/h5-8H,1-4H3,(H,17,18)(H,19,22). The number of fused-ring (bicyclic) bond motifs is 1. The fourth-order valence-corrected chi connectivity index (χ4v) is 3.37. The second-order valence-electron chi connectivity index (χ2n) is 6.45. The number of anilines is 2. The summed E-state index contributed by atoms with van der Waals surface area (Å²) >= 11 is 1.47. The van der Waals surface area contributed by atoms with E-state index in [0.29, 0.717) is 10.9 Å². The molecule has 0 radical (unpaired) electrons. The van der Waals surface area contributed by atoms with E-state index in [9.17, 15) is 9.59 Å². The molecule has 1 aromatic carbocycles. The van der Waals surface area contributed by atoms with Crippen molar-refractivity contribution in [2.45, 2.75) is 33.2 Å². The summed E-state index contributed by atoms with van der Waals surface area (Å²) in [7, 11) is 0. The monoisotopic (exact) mass is 330 g/mol. The second kappa shape index (κ2) is 5.34. The van der Waals surface area contributed by atoms with Crippen LogP contribution in [0.3, 0.4) is 0 Å². The van der Waals surface area contributed by atoms with Gasteiger partial charge in [0, 0.05) is 11.6 Å². The molecule has 3 aromatic rings. The molecule has 2 heterocycles. The zero-order chi connectivity index (χ0) is 16.8. The Morgan fingerprint density at radius 3 is 2.61 bits per heavy atom. The van der Waals surface area contributed by atoms with Crippen LogP contribution in [0.25, 0.3) is 10.2 Å². The molecule has 0 aliphatic rings. The predicted octanol–water partition coefficient (Wildman–Crippen LogP) is 2.95. The number of aromatic amines is 1. The summed E-state index contributed by atoms with van der Waals surface area (Å²) in [4.78, 5) is 31.5. The van der Waals surface area contributed by atoms with Crippen molar-refractivity contribution < 1.29 is 0 Å². The number of rotatable bonds is 2. The number of aromatic nitrogens is 3. The van der Waals surface area contributed by atoms with Gasteiger partial charge in [-0.15, -0.1) is 0 Å². The largest absolute Gasteiger partial charge is 0.330 e. The molecule has 0 atom stereocenters. The molecule has 0 saturated heterocycles. The molecule has 3 rings (SSSR count). The number of H-pyrrole nitrogens is 1. The summed E-state index contributed by atoms with van der Waals surface area (Å²) in [6.07, 6.45) is 0. The van der Waals surface area contributed by atoms with E-state index in [4.69, 9.17) is 0 Å². The quantitative estimate of drug-likeness (QED) is 0.757. The molecule has 0 aliphatic heterocycles. The average molecular weight is 330 g/mol. The Kier molecular flexibility index (Phi) is 3.60. The van der Waals surface area contributed by atoms with Gasteiger partial charge in [-0.2, -0.15) is 0 Å². The SMILES string of the molecule is Cc1ccc2nc(Nc3cc(=O)n(C(C)(C)C)c(=O)[nH]3)sc2c1. The zero-order valence-corrected chi connectivity index (χ0v) is 14.2. The van der Waals surface area contributed by atoms with Gasteiger partial charge in [0.15, 0.2) is 5.13 Å². The van der Waals surface area contributed by atoms with Crippen LogP contribution in [0.4, 0.5) is 10.9 Å². The Morgan fingerprint density at radius 2 is 1.96 bits per heavy atom. The normalized spacial score (nSPS) is 11.8. The first kappa shape index (κ1) is 15.5. The lowest BCUT2D eigenvalue weighted by molar-refractivity contribution is 0.367. The fraction of sp³-hybridized carbons (Fsp3) is 0.312. The Morgan fingerprint density at radius 1 is 1.22 bits per heavy atom. The molecule has 0 spiro atoms. The third-order valence-corrected chi connectivity index (χ3v) is 4.32. The maximum Gasteiger partial charge on any atom is 0.330 e. The molecule has 6 nitrogen and oxygen atoms in total. The molecule has 0 amide bonds. The van der Waals surface area contributed by atoms with Crippen LogP contribution in [-0.4, -0.2) is 14.5 Å². The average Bonchev–Trinajstić information content (AvgIpc) is 2.77. The minimum absolute atomic E-state index is 0.344. The van der Waals surface area contributed by atoms with Gasteiger partial charge in [-0.05, 0) is 45.4 Å². The number of hydrogen-bond donors (Lipinski definition) is 2. The van der Waals surface area contributed by atoms with Crippen LogP contribution in [-0.2, 0) is 5.54 Å². The molecular weight excluding hydrogens is 312 g/mol. The lowest BCUT2D eigenvalue weighted by Crippen LogP contribution is -2.44. The van der Waals surface area contributed by atoms with Gasteiger partial charge in [0.1, 0.15) is 5.82 Å². The smallest absolute Gasteiger partial charge is 0.317 e. The van der Waals surface area contributed by atoms with Crippen LogP contribution >= 0.6 is 11.3 Å². The third kappa shape index (κ3) is 3.05. The van der Waals surface area contributed by atoms with Gasteiger partial charge in [-0.25, -0.2) is 9.78 Å². The first-order valence-corrected chi connectivity index (χ1v) is 8.07. The van der Waals surface area contributed by atoms with Gasteiger partial charge < -0.3 is 5.32 Å². The third-order valence-electron chi connectivity index (χ3n) is 3.39. The van der Waals surface area contributed by atoms with Crippen molar-refractivity contribution in [1.29, 1.82) is 0 Å². The molecule has 7 heteroatoms. The molecule has 120 valence electrons. The van der Waals surface area contributed by atoms with E-state index < -0.39 is 11.2 Å². The molecule has 0 unspecified atom stereocenters. The van der Waals surface area contributed by atoms with Gasteiger partial charge in [-0.1, -0.05) is 17.4 Å². The summed E-state index contributed by atoms with van der Waals surface area (Å²) in [5.74, 6) is 0.344. The summed E-state index contributed by atoms with van der Waals surface area (Å²) in [6, 6.07) is 7.38. The van der Waals surface area contributed by atoms with Crippen molar-refractivity contribution in [2.75, 3.05) is 5.32 Å². The van der Waals surface area contributed by atoms with E-state index in [1.165, 1.54) is 22.0 Å². The lowest BCUT2D eigenvalue weighted by atomic mass is 10.1. The Labute approximate surface area is 136 Å². The predicted molar refractivity (Wildman–Crippen MR) is 94.0 cm³/mol. The molecule has 0 saturated carbocycles. The van der Waals surface area contributed by atoms with Crippen LogP contribution < -0.4 is 16.6 Å². The summed E-state index contributed by atoms with van der Waals surface area (Å²) < 4.78 is 2.25.